The maximum Gasteiger partial charge on any atom is 0.237 e. The molecule has 1 amide bonds. The molecule has 172 valence electrons. The molecule has 3 N–H and O–H groups in total. The van der Waals surface area contributed by atoms with Gasteiger partial charge in [0.2, 0.25) is 5.91 Å². The first-order chi connectivity index (χ1) is 15.3. The van der Waals surface area contributed by atoms with Crippen LogP contribution in [0.5, 0.6) is 0 Å². The Kier molecular flexibility index (Phi) is 6.28. The highest BCUT2D eigenvalue weighted by Crippen LogP contribution is 2.58. The first kappa shape index (κ1) is 22.8. The minimum atomic E-state index is -0.407. The number of rotatable bonds is 5. The van der Waals surface area contributed by atoms with Crippen molar-refractivity contribution in [3.8, 4) is 6.07 Å². The number of nitrogens with zero attached hydrogens (tertiary/aromatic N) is 2. The van der Waals surface area contributed by atoms with Crippen LogP contribution in [-0.4, -0.2) is 49.7 Å². The van der Waals surface area contributed by atoms with Gasteiger partial charge in [0.05, 0.1) is 36.9 Å². The second-order valence-electron chi connectivity index (χ2n) is 10.1. The highest BCUT2D eigenvalue weighted by molar-refractivity contribution is 5.99. The zero-order valence-electron chi connectivity index (χ0n) is 19.3. The van der Waals surface area contributed by atoms with Gasteiger partial charge in [0.1, 0.15) is 0 Å². The Morgan fingerprint density at radius 3 is 2.56 bits per heavy atom. The number of nitrogens with one attached hydrogen (secondary N) is 1. The smallest absolute Gasteiger partial charge is 0.237 e. The molecule has 1 heterocycles. The van der Waals surface area contributed by atoms with Crippen LogP contribution >= 0.6 is 0 Å². The third kappa shape index (κ3) is 3.91. The summed E-state index contributed by atoms with van der Waals surface area (Å²) in [5.74, 6) is 0.305. The quantitative estimate of drug-likeness (QED) is 0.542. The molecule has 5 atom stereocenters. The van der Waals surface area contributed by atoms with Crippen LogP contribution in [0.3, 0.4) is 0 Å². The zero-order valence-corrected chi connectivity index (χ0v) is 19.3. The minimum absolute atomic E-state index is 0.109. The van der Waals surface area contributed by atoms with Gasteiger partial charge in [0.25, 0.3) is 0 Å². The fourth-order valence-corrected chi connectivity index (χ4v) is 6.57. The average Bonchev–Trinajstić information content (AvgIpc) is 3.00. The third-order valence-corrected chi connectivity index (χ3v) is 7.86. The lowest BCUT2D eigenvalue weighted by Crippen LogP contribution is -2.51. The summed E-state index contributed by atoms with van der Waals surface area (Å²) in [5.41, 5.74) is 8.30. The number of benzene rings is 1. The monoisotopic (exact) mass is 438 g/mol. The summed E-state index contributed by atoms with van der Waals surface area (Å²) in [5, 5.41) is 17.6. The topological polar surface area (TPSA) is 112 Å². The van der Waals surface area contributed by atoms with Gasteiger partial charge in [-0.3, -0.25) is 15.1 Å². The molecule has 0 bridgehead atoms. The number of methoxy groups -OCH3 is 1. The zero-order chi connectivity index (χ0) is 23.0. The number of carbonyl (C=O) groups is 1. The lowest BCUT2D eigenvalue weighted by molar-refractivity contribution is -0.136. The molecule has 1 spiro atoms. The molecule has 32 heavy (non-hydrogen) atoms. The van der Waals surface area contributed by atoms with Crippen LogP contribution in [0.1, 0.15) is 55.7 Å². The SMILES string of the molecule is COC1[C@H](C)CC2(Cc3ccc(C#N)cc3[C@H]2C(=O)N(CCC2COC2)C(=N)N)C[C@@H]1C. The molecule has 1 aliphatic heterocycles. The number of hydrogen-bond donors (Lipinski definition) is 2. The molecule has 2 unspecified atom stereocenters. The average molecular weight is 439 g/mol. The molecule has 1 saturated heterocycles. The van der Waals surface area contributed by atoms with E-state index in [0.717, 1.165) is 36.8 Å². The van der Waals surface area contributed by atoms with E-state index in [2.05, 4.69) is 19.9 Å². The molecule has 7 nitrogen and oxygen atoms in total. The standard InChI is InChI=1S/C25H34N4O3/c1-15-9-25(10-16(2)22(15)31-3)11-19-5-4-17(12-26)8-20(19)21(25)23(30)29(24(27)28)7-6-18-13-32-14-18/h4-5,8,15-16,18,21-22H,6-7,9-11,13-14H2,1-3H3,(H3,27,28)/t15-,16+,21-,22?,25?/m0/s1. The van der Waals surface area contributed by atoms with Gasteiger partial charge in [-0.25, -0.2) is 0 Å². The predicted octanol–water partition coefficient (Wildman–Crippen LogP) is 3.02. The molecular formula is C25H34N4O3. The van der Waals surface area contributed by atoms with Crippen molar-refractivity contribution < 1.29 is 14.3 Å². The molecule has 0 radical (unpaired) electrons. The number of hydrogen-bond acceptors (Lipinski definition) is 5. The van der Waals surface area contributed by atoms with E-state index >= 15 is 0 Å². The second-order valence-corrected chi connectivity index (χ2v) is 10.1. The lowest BCUT2D eigenvalue weighted by atomic mass is 9.59. The Balaban J connectivity index is 1.71. The molecule has 1 saturated carbocycles. The Bertz CT molecular complexity index is 924. The van der Waals surface area contributed by atoms with E-state index in [1.54, 1.807) is 7.11 Å². The van der Waals surface area contributed by atoms with E-state index in [1.165, 1.54) is 4.90 Å². The number of nitriles is 1. The fraction of sp³-hybridized carbons (Fsp3) is 0.640. The highest BCUT2D eigenvalue weighted by atomic mass is 16.5. The van der Waals surface area contributed by atoms with Gasteiger partial charge in [-0.15, -0.1) is 0 Å². The van der Waals surface area contributed by atoms with Crippen molar-refractivity contribution in [1.82, 2.24) is 4.90 Å². The summed E-state index contributed by atoms with van der Waals surface area (Å²) in [6.07, 6.45) is 3.47. The van der Waals surface area contributed by atoms with Gasteiger partial charge >= 0.3 is 0 Å². The molecule has 1 aromatic carbocycles. The van der Waals surface area contributed by atoms with E-state index < -0.39 is 5.92 Å². The van der Waals surface area contributed by atoms with Gasteiger partial charge in [0, 0.05) is 19.6 Å². The van der Waals surface area contributed by atoms with Gasteiger partial charge in [-0.1, -0.05) is 19.9 Å². The number of carbonyl (C=O) groups excluding carboxylic acids is 1. The maximum atomic E-state index is 14.1. The summed E-state index contributed by atoms with van der Waals surface area (Å²) in [7, 11) is 1.77. The molecule has 2 fully saturated rings. The van der Waals surface area contributed by atoms with Crippen molar-refractivity contribution in [2.24, 2.45) is 28.9 Å². The van der Waals surface area contributed by atoms with E-state index in [9.17, 15) is 10.1 Å². The van der Waals surface area contributed by atoms with Crippen molar-refractivity contribution in [3.63, 3.8) is 0 Å². The fourth-order valence-electron chi connectivity index (χ4n) is 6.57. The number of nitrogens with two attached hydrogens (primary N) is 1. The third-order valence-electron chi connectivity index (χ3n) is 7.86. The van der Waals surface area contributed by atoms with Crippen molar-refractivity contribution in [1.29, 1.82) is 10.7 Å². The number of ether oxygens (including phenoxy) is 2. The first-order valence-electron chi connectivity index (χ1n) is 11.6. The molecule has 3 aliphatic rings. The Hall–Kier alpha value is -2.43. The van der Waals surface area contributed by atoms with Gasteiger partial charge in [-0.05, 0) is 66.2 Å². The van der Waals surface area contributed by atoms with Crippen LogP contribution < -0.4 is 5.73 Å². The van der Waals surface area contributed by atoms with Crippen molar-refractivity contribution in [2.75, 3.05) is 26.9 Å². The Morgan fingerprint density at radius 1 is 1.34 bits per heavy atom. The largest absolute Gasteiger partial charge is 0.381 e. The van der Waals surface area contributed by atoms with Crippen LogP contribution in [0, 0.1) is 39.9 Å². The Morgan fingerprint density at radius 2 is 2.03 bits per heavy atom. The second kappa shape index (κ2) is 8.84. The van der Waals surface area contributed by atoms with Crippen molar-refractivity contribution in [3.05, 3.63) is 34.9 Å². The van der Waals surface area contributed by atoms with Gasteiger partial charge in [0.15, 0.2) is 5.96 Å². The molecule has 1 aromatic rings. The van der Waals surface area contributed by atoms with E-state index in [0.29, 0.717) is 43.1 Å². The summed E-state index contributed by atoms with van der Waals surface area (Å²) in [6, 6.07) is 7.94. The predicted molar refractivity (Wildman–Crippen MR) is 121 cm³/mol. The lowest BCUT2D eigenvalue weighted by Gasteiger charge is -2.48. The van der Waals surface area contributed by atoms with Crippen molar-refractivity contribution >= 4 is 11.9 Å². The summed E-state index contributed by atoms with van der Waals surface area (Å²) < 4.78 is 11.1. The van der Waals surface area contributed by atoms with Crippen LogP contribution in [0.2, 0.25) is 0 Å². The number of fused-ring (bicyclic) bond motifs is 1. The van der Waals surface area contributed by atoms with Crippen LogP contribution in [-0.2, 0) is 20.7 Å². The summed E-state index contributed by atoms with van der Waals surface area (Å²) in [6.45, 7) is 6.24. The van der Waals surface area contributed by atoms with Gasteiger partial charge in [-0.2, -0.15) is 5.26 Å². The van der Waals surface area contributed by atoms with Gasteiger partial charge < -0.3 is 15.2 Å². The molecule has 0 aromatic heterocycles. The van der Waals surface area contributed by atoms with E-state index in [-0.39, 0.29) is 23.4 Å². The highest BCUT2D eigenvalue weighted by Gasteiger charge is 2.55. The summed E-state index contributed by atoms with van der Waals surface area (Å²) >= 11 is 0. The van der Waals surface area contributed by atoms with Crippen LogP contribution in [0.4, 0.5) is 0 Å². The van der Waals surface area contributed by atoms with E-state index in [4.69, 9.17) is 20.6 Å². The van der Waals surface area contributed by atoms with Crippen LogP contribution in [0.25, 0.3) is 0 Å². The molecular weight excluding hydrogens is 404 g/mol. The van der Waals surface area contributed by atoms with Crippen molar-refractivity contribution in [2.45, 2.75) is 51.6 Å². The first-order valence-corrected chi connectivity index (χ1v) is 11.6. The molecule has 2 aliphatic carbocycles. The molecule has 7 heteroatoms. The number of amides is 1. The minimum Gasteiger partial charge on any atom is -0.381 e. The summed E-state index contributed by atoms with van der Waals surface area (Å²) in [4.78, 5) is 15.5. The van der Waals surface area contributed by atoms with Crippen LogP contribution in [0.15, 0.2) is 18.2 Å². The normalized spacial score (nSPS) is 31.6. The molecule has 4 rings (SSSR count). The maximum absolute atomic E-state index is 14.1. The number of guanidine groups is 1. The van der Waals surface area contributed by atoms with E-state index in [1.807, 2.05) is 18.2 Å². The Labute approximate surface area is 190 Å².